The highest BCUT2D eigenvalue weighted by atomic mass is 35.5. The molecule has 0 atom stereocenters. The maximum atomic E-state index is 11.4. The summed E-state index contributed by atoms with van der Waals surface area (Å²) < 4.78 is 5.78. The molecule has 0 bridgehead atoms. The Morgan fingerprint density at radius 1 is 1.37 bits per heavy atom. The molecule has 0 heterocycles. The number of rotatable bonds is 7. The maximum Gasteiger partial charge on any atom is 0.221 e. The third-order valence-corrected chi connectivity index (χ3v) is 2.99. The van der Waals surface area contributed by atoms with Crippen LogP contribution >= 0.6 is 12.4 Å². The molecular formula is C14H21ClN2O2. The summed E-state index contributed by atoms with van der Waals surface area (Å²) in [7, 11) is 0. The van der Waals surface area contributed by atoms with Crippen LogP contribution in [0.25, 0.3) is 0 Å². The van der Waals surface area contributed by atoms with Crippen molar-refractivity contribution in [1.29, 1.82) is 0 Å². The van der Waals surface area contributed by atoms with Crippen LogP contribution in [0, 0.1) is 5.92 Å². The summed E-state index contributed by atoms with van der Waals surface area (Å²) in [4.78, 5) is 11.4. The minimum atomic E-state index is -0.0190. The van der Waals surface area contributed by atoms with Crippen LogP contribution in [0.4, 0.5) is 0 Å². The van der Waals surface area contributed by atoms with Crippen LogP contribution < -0.4 is 15.8 Å². The number of ether oxygens (including phenoxy) is 1. The van der Waals surface area contributed by atoms with Gasteiger partial charge in [0.05, 0.1) is 6.61 Å². The van der Waals surface area contributed by atoms with Crippen molar-refractivity contribution in [3.63, 3.8) is 0 Å². The Morgan fingerprint density at radius 3 is 2.79 bits per heavy atom. The van der Waals surface area contributed by atoms with Gasteiger partial charge in [-0.1, -0.05) is 18.2 Å². The van der Waals surface area contributed by atoms with E-state index >= 15 is 0 Å². The number of nitrogens with two attached hydrogens (primary N) is 1. The lowest BCUT2D eigenvalue weighted by atomic mass is 10.2. The molecule has 0 unspecified atom stereocenters. The second-order valence-corrected chi connectivity index (χ2v) is 4.68. The molecule has 1 aromatic rings. The molecule has 0 aromatic heterocycles. The molecule has 1 amide bonds. The molecular weight excluding hydrogens is 264 g/mol. The van der Waals surface area contributed by atoms with Crippen LogP contribution in [0.15, 0.2) is 24.3 Å². The molecule has 4 nitrogen and oxygen atoms in total. The molecule has 3 N–H and O–H groups in total. The van der Waals surface area contributed by atoms with E-state index in [1.807, 2.05) is 24.3 Å². The Labute approximate surface area is 120 Å². The third-order valence-electron chi connectivity index (χ3n) is 2.99. The highest BCUT2D eigenvalue weighted by Gasteiger charge is 2.22. The molecule has 1 aliphatic rings. The first-order chi connectivity index (χ1) is 8.79. The van der Waals surface area contributed by atoms with E-state index in [2.05, 4.69) is 5.32 Å². The number of benzene rings is 1. The van der Waals surface area contributed by atoms with Crippen LogP contribution in [0.3, 0.4) is 0 Å². The summed E-state index contributed by atoms with van der Waals surface area (Å²) in [5, 5.41) is 2.84. The third kappa shape index (κ3) is 5.49. The number of hydrogen-bond donors (Lipinski definition) is 2. The second kappa shape index (κ2) is 8.02. The summed E-state index contributed by atoms with van der Waals surface area (Å²) in [6, 6.07) is 7.83. The quantitative estimate of drug-likeness (QED) is 0.803. The molecule has 1 aromatic carbocycles. The Bertz CT molecular complexity index is 408. The van der Waals surface area contributed by atoms with Gasteiger partial charge in [-0.25, -0.2) is 0 Å². The van der Waals surface area contributed by atoms with E-state index < -0.39 is 0 Å². The Kier molecular flexibility index (Phi) is 6.67. The molecule has 0 radical (unpaired) electrons. The number of hydrogen-bond acceptors (Lipinski definition) is 3. The summed E-state index contributed by atoms with van der Waals surface area (Å²) in [6.07, 6.45) is 2.91. The number of nitrogens with one attached hydrogen (secondary N) is 1. The van der Waals surface area contributed by atoms with Gasteiger partial charge in [-0.3, -0.25) is 4.79 Å². The maximum absolute atomic E-state index is 11.4. The van der Waals surface area contributed by atoms with E-state index in [0.717, 1.165) is 23.8 Å². The van der Waals surface area contributed by atoms with Crippen molar-refractivity contribution in [1.82, 2.24) is 5.32 Å². The van der Waals surface area contributed by atoms with Crippen molar-refractivity contribution in [2.75, 3.05) is 13.2 Å². The lowest BCUT2D eigenvalue weighted by Gasteiger charge is -2.11. The molecule has 19 heavy (non-hydrogen) atoms. The van der Waals surface area contributed by atoms with Crippen LogP contribution in [0.1, 0.15) is 24.8 Å². The average Bonchev–Trinajstić information content (AvgIpc) is 3.19. The largest absolute Gasteiger partial charge is 0.493 e. The van der Waals surface area contributed by atoms with Crippen molar-refractivity contribution in [2.24, 2.45) is 11.7 Å². The van der Waals surface area contributed by atoms with Gasteiger partial charge in [0.1, 0.15) is 5.75 Å². The van der Waals surface area contributed by atoms with Crippen molar-refractivity contribution in [3.05, 3.63) is 29.8 Å². The fourth-order valence-corrected chi connectivity index (χ4v) is 1.70. The predicted octanol–water partition coefficient (Wildman–Crippen LogP) is 1.86. The van der Waals surface area contributed by atoms with E-state index in [-0.39, 0.29) is 18.3 Å². The zero-order valence-corrected chi connectivity index (χ0v) is 11.7. The molecule has 1 fully saturated rings. The standard InChI is InChI=1S/C14H20N2O2.ClH/c15-8-7-14(17)16-9-12-3-1-2-4-13(12)18-10-11-5-6-11;/h1-4,11H,5-10,15H2,(H,16,17);1H. The molecule has 5 heteroatoms. The molecule has 1 aliphatic carbocycles. The van der Waals surface area contributed by atoms with E-state index in [1.165, 1.54) is 12.8 Å². The van der Waals surface area contributed by atoms with Crippen molar-refractivity contribution in [2.45, 2.75) is 25.8 Å². The average molecular weight is 285 g/mol. The minimum Gasteiger partial charge on any atom is -0.493 e. The lowest BCUT2D eigenvalue weighted by Crippen LogP contribution is -2.25. The van der Waals surface area contributed by atoms with E-state index in [0.29, 0.717) is 19.5 Å². The topological polar surface area (TPSA) is 64.4 Å². The summed E-state index contributed by atoms with van der Waals surface area (Å²) in [5.41, 5.74) is 6.35. The van der Waals surface area contributed by atoms with Gasteiger partial charge in [0.2, 0.25) is 5.91 Å². The highest BCUT2D eigenvalue weighted by Crippen LogP contribution is 2.30. The minimum absolute atomic E-state index is 0. The van der Waals surface area contributed by atoms with Crippen LogP contribution in [-0.4, -0.2) is 19.1 Å². The van der Waals surface area contributed by atoms with Crippen molar-refractivity contribution >= 4 is 18.3 Å². The number of halogens is 1. The van der Waals surface area contributed by atoms with Gasteiger partial charge >= 0.3 is 0 Å². The number of amides is 1. The molecule has 1 saturated carbocycles. The van der Waals surface area contributed by atoms with Gasteiger partial charge in [0.15, 0.2) is 0 Å². The first kappa shape index (κ1) is 15.8. The first-order valence-corrected chi connectivity index (χ1v) is 6.47. The van der Waals surface area contributed by atoms with E-state index in [9.17, 15) is 4.79 Å². The van der Waals surface area contributed by atoms with Gasteiger partial charge in [0, 0.05) is 25.1 Å². The second-order valence-electron chi connectivity index (χ2n) is 4.68. The van der Waals surface area contributed by atoms with E-state index in [4.69, 9.17) is 10.5 Å². The normalized spacial score (nSPS) is 13.5. The van der Waals surface area contributed by atoms with Gasteiger partial charge in [-0.05, 0) is 24.8 Å². The summed E-state index contributed by atoms with van der Waals surface area (Å²) in [6.45, 7) is 1.67. The van der Waals surface area contributed by atoms with Gasteiger partial charge in [-0.2, -0.15) is 0 Å². The lowest BCUT2D eigenvalue weighted by molar-refractivity contribution is -0.121. The van der Waals surface area contributed by atoms with Crippen molar-refractivity contribution < 1.29 is 9.53 Å². The predicted molar refractivity (Wildman–Crippen MR) is 77.4 cm³/mol. The van der Waals surface area contributed by atoms with E-state index in [1.54, 1.807) is 0 Å². The number of para-hydroxylation sites is 1. The molecule has 106 valence electrons. The molecule has 2 rings (SSSR count). The van der Waals surface area contributed by atoms with Gasteiger partial charge in [-0.15, -0.1) is 12.4 Å². The monoisotopic (exact) mass is 284 g/mol. The Hall–Kier alpha value is -1.26. The molecule has 0 spiro atoms. The van der Waals surface area contributed by atoms with Crippen molar-refractivity contribution in [3.8, 4) is 5.75 Å². The zero-order chi connectivity index (χ0) is 12.8. The van der Waals surface area contributed by atoms with Gasteiger partial charge < -0.3 is 15.8 Å². The summed E-state index contributed by atoms with van der Waals surface area (Å²) >= 11 is 0. The zero-order valence-electron chi connectivity index (χ0n) is 10.9. The van der Waals surface area contributed by atoms with Crippen LogP contribution in [0.5, 0.6) is 5.75 Å². The fraction of sp³-hybridized carbons (Fsp3) is 0.500. The van der Waals surface area contributed by atoms with Gasteiger partial charge in [0.25, 0.3) is 0 Å². The highest BCUT2D eigenvalue weighted by molar-refractivity contribution is 5.85. The smallest absolute Gasteiger partial charge is 0.221 e. The first-order valence-electron chi connectivity index (χ1n) is 6.47. The number of carbonyl (C=O) groups excluding carboxylic acids is 1. The Balaban J connectivity index is 0.00000180. The Morgan fingerprint density at radius 2 is 2.11 bits per heavy atom. The summed E-state index contributed by atoms with van der Waals surface area (Å²) in [5.74, 6) is 1.58. The molecule has 0 saturated heterocycles. The SMILES string of the molecule is Cl.NCCC(=O)NCc1ccccc1OCC1CC1. The van der Waals surface area contributed by atoms with Crippen LogP contribution in [0.2, 0.25) is 0 Å². The fourth-order valence-electron chi connectivity index (χ4n) is 1.70. The van der Waals surface area contributed by atoms with Crippen LogP contribution in [-0.2, 0) is 11.3 Å². The number of carbonyl (C=O) groups is 1. The molecule has 0 aliphatic heterocycles.